The molecule has 4 rings (SSSR count). The Morgan fingerprint density at radius 1 is 1.13 bits per heavy atom. The van der Waals surface area contributed by atoms with Crippen molar-refractivity contribution in [2.45, 2.75) is 6.92 Å². The number of ether oxygens (including phenoxy) is 2. The number of carbonyl (C=O) groups excluding carboxylic acids is 1. The van der Waals surface area contributed by atoms with Crippen molar-refractivity contribution in [1.29, 1.82) is 0 Å². The number of carbonyl (C=O) groups is 1. The van der Waals surface area contributed by atoms with Crippen molar-refractivity contribution >= 4 is 11.7 Å². The van der Waals surface area contributed by atoms with Crippen LogP contribution in [0.2, 0.25) is 0 Å². The second-order valence-electron chi connectivity index (χ2n) is 6.95. The van der Waals surface area contributed by atoms with Gasteiger partial charge in [-0.3, -0.25) is 4.79 Å². The Bertz CT molecular complexity index is 967. The summed E-state index contributed by atoms with van der Waals surface area (Å²) in [6, 6.07) is 13.2. The quantitative estimate of drug-likeness (QED) is 0.605. The van der Waals surface area contributed by atoms with Crippen molar-refractivity contribution in [2.75, 3.05) is 44.4 Å². The van der Waals surface area contributed by atoms with Gasteiger partial charge in [-0.15, -0.1) is 0 Å². The maximum Gasteiger partial charge on any atom is 0.251 e. The van der Waals surface area contributed by atoms with E-state index in [-0.39, 0.29) is 5.91 Å². The molecule has 0 bridgehead atoms. The molecule has 0 aliphatic carbocycles. The molecule has 3 heterocycles. The van der Waals surface area contributed by atoms with Gasteiger partial charge in [0.1, 0.15) is 18.2 Å². The fourth-order valence-electron chi connectivity index (χ4n) is 3.27. The molecule has 0 spiro atoms. The van der Waals surface area contributed by atoms with E-state index in [1.807, 2.05) is 66.3 Å². The van der Waals surface area contributed by atoms with Crippen molar-refractivity contribution < 1.29 is 14.3 Å². The number of nitrogens with one attached hydrogen (secondary N) is 1. The number of anilines is 1. The zero-order chi connectivity index (χ0) is 20.8. The Morgan fingerprint density at radius 3 is 2.60 bits per heavy atom. The van der Waals surface area contributed by atoms with Crippen LogP contribution in [0.5, 0.6) is 5.88 Å². The molecule has 8 nitrogen and oxygen atoms in total. The first-order chi connectivity index (χ1) is 14.7. The predicted molar refractivity (Wildman–Crippen MR) is 113 cm³/mol. The summed E-state index contributed by atoms with van der Waals surface area (Å²) in [4.78, 5) is 23.3. The molecule has 2 aromatic heterocycles. The molecule has 0 atom stereocenters. The van der Waals surface area contributed by atoms with Crippen molar-refractivity contribution in [3.05, 3.63) is 66.2 Å². The minimum absolute atomic E-state index is 0.134. The summed E-state index contributed by atoms with van der Waals surface area (Å²) in [6.07, 6.45) is 3.93. The average Bonchev–Trinajstić information content (AvgIpc) is 3.32. The predicted octanol–water partition coefficient (Wildman–Crippen LogP) is 2.22. The molecular weight excluding hydrogens is 382 g/mol. The van der Waals surface area contributed by atoms with E-state index in [2.05, 4.69) is 20.2 Å². The fourth-order valence-corrected chi connectivity index (χ4v) is 3.27. The molecule has 1 aromatic carbocycles. The SMILES string of the molecule is Cc1nc(OCCNC(=O)c2ccc(-n3cccc3)cc2)cc(N2CCOCC2)n1. The van der Waals surface area contributed by atoms with Crippen LogP contribution in [0, 0.1) is 6.92 Å². The van der Waals surface area contributed by atoms with E-state index in [0.29, 0.717) is 43.6 Å². The highest BCUT2D eigenvalue weighted by Gasteiger charge is 2.14. The monoisotopic (exact) mass is 407 g/mol. The minimum Gasteiger partial charge on any atom is -0.476 e. The largest absolute Gasteiger partial charge is 0.476 e. The zero-order valence-electron chi connectivity index (χ0n) is 17.0. The highest BCUT2D eigenvalue weighted by atomic mass is 16.5. The van der Waals surface area contributed by atoms with Crippen LogP contribution in [0.25, 0.3) is 5.69 Å². The number of rotatable bonds is 7. The van der Waals surface area contributed by atoms with Crippen molar-refractivity contribution in [3.8, 4) is 11.6 Å². The van der Waals surface area contributed by atoms with E-state index in [4.69, 9.17) is 9.47 Å². The Kier molecular flexibility index (Phi) is 6.24. The Morgan fingerprint density at radius 2 is 1.87 bits per heavy atom. The van der Waals surface area contributed by atoms with Gasteiger partial charge in [0, 0.05) is 42.8 Å². The van der Waals surface area contributed by atoms with Gasteiger partial charge in [-0.25, -0.2) is 4.98 Å². The lowest BCUT2D eigenvalue weighted by Gasteiger charge is -2.28. The second kappa shape index (κ2) is 9.41. The molecule has 3 aromatic rings. The highest BCUT2D eigenvalue weighted by molar-refractivity contribution is 5.94. The summed E-state index contributed by atoms with van der Waals surface area (Å²) < 4.78 is 13.1. The molecule has 1 aliphatic rings. The van der Waals surface area contributed by atoms with Gasteiger partial charge in [0.05, 0.1) is 19.8 Å². The third-order valence-corrected chi connectivity index (χ3v) is 4.81. The molecule has 1 amide bonds. The van der Waals surface area contributed by atoms with E-state index in [1.54, 1.807) is 0 Å². The maximum absolute atomic E-state index is 12.4. The van der Waals surface area contributed by atoms with Gasteiger partial charge >= 0.3 is 0 Å². The Labute approximate surface area is 175 Å². The van der Waals surface area contributed by atoms with Gasteiger partial charge in [-0.05, 0) is 43.3 Å². The minimum atomic E-state index is -0.134. The molecule has 156 valence electrons. The summed E-state index contributed by atoms with van der Waals surface area (Å²) in [5, 5.41) is 2.87. The topological polar surface area (TPSA) is 81.5 Å². The van der Waals surface area contributed by atoms with E-state index in [9.17, 15) is 4.79 Å². The standard InChI is InChI=1S/C22H25N5O3/c1-17-24-20(27-11-14-29-15-12-27)16-21(25-17)30-13-8-23-22(28)18-4-6-19(7-5-18)26-9-2-3-10-26/h2-7,9-10,16H,8,11-15H2,1H3,(H,23,28). The van der Waals surface area contributed by atoms with Crippen LogP contribution in [0.3, 0.4) is 0 Å². The number of aryl methyl sites for hydroxylation is 1. The van der Waals surface area contributed by atoms with E-state index < -0.39 is 0 Å². The van der Waals surface area contributed by atoms with Gasteiger partial charge in [-0.2, -0.15) is 4.98 Å². The number of hydrogen-bond acceptors (Lipinski definition) is 6. The average molecular weight is 407 g/mol. The molecule has 30 heavy (non-hydrogen) atoms. The third kappa shape index (κ3) is 4.96. The molecular formula is C22H25N5O3. The van der Waals surface area contributed by atoms with E-state index >= 15 is 0 Å². The lowest BCUT2D eigenvalue weighted by molar-refractivity contribution is 0.0946. The summed E-state index contributed by atoms with van der Waals surface area (Å²) >= 11 is 0. The van der Waals surface area contributed by atoms with Crippen LogP contribution >= 0.6 is 0 Å². The van der Waals surface area contributed by atoms with Crippen molar-refractivity contribution in [1.82, 2.24) is 19.9 Å². The van der Waals surface area contributed by atoms with Crippen LogP contribution in [-0.4, -0.2) is 59.9 Å². The zero-order valence-corrected chi connectivity index (χ0v) is 17.0. The van der Waals surface area contributed by atoms with Gasteiger partial charge in [0.25, 0.3) is 5.91 Å². The Hall–Kier alpha value is -3.39. The molecule has 0 unspecified atom stereocenters. The summed E-state index contributed by atoms with van der Waals surface area (Å²) in [5.74, 6) is 1.87. The third-order valence-electron chi connectivity index (χ3n) is 4.81. The normalized spacial score (nSPS) is 13.8. The molecule has 1 saturated heterocycles. The smallest absolute Gasteiger partial charge is 0.251 e. The van der Waals surface area contributed by atoms with Crippen molar-refractivity contribution in [3.63, 3.8) is 0 Å². The summed E-state index contributed by atoms with van der Waals surface area (Å²) in [5.41, 5.74) is 1.62. The highest BCUT2D eigenvalue weighted by Crippen LogP contribution is 2.18. The summed E-state index contributed by atoms with van der Waals surface area (Å²) in [7, 11) is 0. The molecule has 1 aliphatic heterocycles. The number of morpholine rings is 1. The number of nitrogens with zero attached hydrogens (tertiary/aromatic N) is 4. The van der Waals surface area contributed by atoms with Crippen molar-refractivity contribution in [2.24, 2.45) is 0 Å². The van der Waals surface area contributed by atoms with Gasteiger partial charge < -0.3 is 24.3 Å². The number of aromatic nitrogens is 3. The summed E-state index contributed by atoms with van der Waals surface area (Å²) in [6.45, 7) is 5.54. The van der Waals surface area contributed by atoms with Crippen LogP contribution in [0.15, 0.2) is 54.9 Å². The second-order valence-corrected chi connectivity index (χ2v) is 6.95. The first-order valence-electron chi connectivity index (χ1n) is 10.0. The van der Waals surface area contributed by atoms with Gasteiger partial charge in [-0.1, -0.05) is 0 Å². The van der Waals surface area contributed by atoms with Gasteiger partial charge in [0.2, 0.25) is 5.88 Å². The first-order valence-corrected chi connectivity index (χ1v) is 10.0. The molecule has 1 N–H and O–H groups in total. The molecule has 0 radical (unpaired) electrons. The number of hydrogen-bond donors (Lipinski definition) is 1. The fraction of sp³-hybridized carbons (Fsp3) is 0.318. The number of benzene rings is 1. The molecule has 0 saturated carbocycles. The van der Waals surface area contributed by atoms with E-state index in [0.717, 1.165) is 24.6 Å². The number of amides is 1. The lowest BCUT2D eigenvalue weighted by Crippen LogP contribution is -2.37. The van der Waals surface area contributed by atoms with Crippen LogP contribution in [0.4, 0.5) is 5.82 Å². The van der Waals surface area contributed by atoms with E-state index in [1.165, 1.54) is 0 Å². The first kappa shape index (κ1) is 19.9. The lowest BCUT2D eigenvalue weighted by atomic mass is 10.2. The molecule has 8 heteroatoms. The molecule has 1 fully saturated rings. The van der Waals surface area contributed by atoms with Crippen LogP contribution in [0.1, 0.15) is 16.2 Å². The Balaban J connectivity index is 1.27. The maximum atomic E-state index is 12.4. The van der Waals surface area contributed by atoms with Crippen LogP contribution in [-0.2, 0) is 4.74 Å². The van der Waals surface area contributed by atoms with Gasteiger partial charge in [0.15, 0.2) is 0 Å². The van der Waals surface area contributed by atoms with Crippen LogP contribution < -0.4 is 15.0 Å².